The fourth-order valence-electron chi connectivity index (χ4n) is 2.22. The number of aromatic nitrogens is 1. The summed E-state index contributed by atoms with van der Waals surface area (Å²) in [5.74, 6) is -1.17. The highest BCUT2D eigenvalue weighted by Crippen LogP contribution is 2.17. The van der Waals surface area contributed by atoms with Crippen LogP contribution in [0.3, 0.4) is 0 Å². The van der Waals surface area contributed by atoms with Crippen molar-refractivity contribution in [2.75, 3.05) is 6.61 Å². The van der Waals surface area contributed by atoms with Crippen LogP contribution in [0, 0.1) is 6.92 Å². The van der Waals surface area contributed by atoms with Crippen LogP contribution in [0.5, 0.6) is 5.75 Å². The molecule has 0 aliphatic rings. The minimum absolute atomic E-state index is 0.0697. The smallest absolute Gasteiger partial charge is 0.341 e. The maximum atomic E-state index is 12.3. The molecule has 5 nitrogen and oxygen atoms in total. The second-order valence-electron chi connectivity index (χ2n) is 5.00. The van der Waals surface area contributed by atoms with Crippen molar-refractivity contribution in [3.63, 3.8) is 0 Å². The van der Waals surface area contributed by atoms with Gasteiger partial charge >= 0.3 is 5.97 Å². The molecule has 2 rings (SSSR count). The van der Waals surface area contributed by atoms with Gasteiger partial charge in [-0.1, -0.05) is 31.5 Å². The highest BCUT2D eigenvalue weighted by Gasteiger charge is 2.20. The fourth-order valence-corrected chi connectivity index (χ4v) is 2.22. The molecule has 0 saturated heterocycles. The van der Waals surface area contributed by atoms with Crippen molar-refractivity contribution in [1.82, 2.24) is 4.57 Å². The van der Waals surface area contributed by atoms with Crippen molar-refractivity contribution >= 4 is 5.97 Å². The van der Waals surface area contributed by atoms with Gasteiger partial charge in [0, 0.05) is 11.4 Å². The van der Waals surface area contributed by atoms with Crippen LogP contribution in [0.4, 0.5) is 0 Å². The molecular weight excluding hydrogens is 282 g/mol. The van der Waals surface area contributed by atoms with Gasteiger partial charge in [0.05, 0.1) is 12.8 Å². The van der Waals surface area contributed by atoms with Crippen molar-refractivity contribution in [3.05, 3.63) is 58.0 Å². The molecule has 0 atom stereocenters. The molecule has 0 unspecified atom stereocenters. The van der Waals surface area contributed by atoms with Crippen molar-refractivity contribution in [2.24, 2.45) is 0 Å². The van der Waals surface area contributed by atoms with Gasteiger partial charge in [-0.2, -0.15) is 0 Å². The number of benzene rings is 1. The summed E-state index contributed by atoms with van der Waals surface area (Å²) < 4.78 is 7.16. The summed E-state index contributed by atoms with van der Waals surface area (Å²) in [4.78, 5) is 23.7. The van der Waals surface area contributed by atoms with Gasteiger partial charge in [-0.05, 0) is 25.5 Å². The zero-order valence-electron chi connectivity index (χ0n) is 12.7. The summed E-state index contributed by atoms with van der Waals surface area (Å²) in [5, 5.41) is 9.34. The minimum Gasteiger partial charge on any atom is -0.488 e. The standard InChI is InChI=1S/C17H19NO4/c1-3-4-10-22-14-11-18(13-8-6-5-7-9-13)12(2)15(16(14)19)17(20)21/h5-9,11H,3-4,10H2,1-2H3,(H,20,21). The highest BCUT2D eigenvalue weighted by molar-refractivity contribution is 5.89. The highest BCUT2D eigenvalue weighted by atomic mass is 16.5. The number of unbranched alkanes of at least 4 members (excludes halogenated alkanes) is 1. The Morgan fingerprint density at radius 1 is 1.27 bits per heavy atom. The van der Waals surface area contributed by atoms with E-state index >= 15 is 0 Å². The molecule has 0 amide bonds. The molecule has 116 valence electrons. The van der Waals surface area contributed by atoms with Gasteiger partial charge in [0.2, 0.25) is 5.43 Å². The molecule has 0 aliphatic heterocycles. The van der Waals surface area contributed by atoms with Gasteiger partial charge in [0.1, 0.15) is 5.56 Å². The van der Waals surface area contributed by atoms with E-state index in [1.165, 1.54) is 0 Å². The van der Waals surface area contributed by atoms with Gasteiger partial charge in [-0.3, -0.25) is 4.79 Å². The summed E-state index contributed by atoms with van der Waals surface area (Å²) in [5.41, 5.74) is 0.334. The molecule has 1 aromatic heterocycles. The number of nitrogens with zero attached hydrogens (tertiary/aromatic N) is 1. The van der Waals surface area contributed by atoms with E-state index in [-0.39, 0.29) is 11.3 Å². The van der Waals surface area contributed by atoms with Gasteiger partial charge < -0.3 is 14.4 Å². The number of carboxylic acid groups (broad SMARTS) is 1. The summed E-state index contributed by atoms with van der Waals surface area (Å²) in [6, 6.07) is 9.27. The number of hydrogen-bond donors (Lipinski definition) is 1. The summed E-state index contributed by atoms with van der Waals surface area (Å²) in [6.45, 7) is 4.03. The van der Waals surface area contributed by atoms with E-state index in [1.54, 1.807) is 17.7 Å². The average Bonchev–Trinajstić information content (AvgIpc) is 2.50. The maximum absolute atomic E-state index is 12.3. The summed E-state index contributed by atoms with van der Waals surface area (Å²) >= 11 is 0. The van der Waals surface area contributed by atoms with E-state index in [4.69, 9.17) is 4.74 Å². The zero-order chi connectivity index (χ0) is 16.1. The second-order valence-corrected chi connectivity index (χ2v) is 5.00. The van der Waals surface area contributed by atoms with Crippen molar-refractivity contribution < 1.29 is 14.6 Å². The predicted octanol–water partition coefficient (Wildman–Crippen LogP) is 3.02. The van der Waals surface area contributed by atoms with Crippen LogP contribution in [-0.4, -0.2) is 22.2 Å². The van der Waals surface area contributed by atoms with E-state index < -0.39 is 11.4 Å². The Labute approximate surface area is 128 Å². The first-order chi connectivity index (χ1) is 10.6. The van der Waals surface area contributed by atoms with Gasteiger partial charge in [-0.25, -0.2) is 4.79 Å². The van der Waals surface area contributed by atoms with E-state index in [0.29, 0.717) is 12.3 Å². The van der Waals surface area contributed by atoms with Crippen LogP contribution in [0.25, 0.3) is 5.69 Å². The van der Waals surface area contributed by atoms with Crippen LogP contribution < -0.4 is 10.2 Å². The maximum Gasteiger partial charge on any atom is 0.341 e. The van der Waals surface area contributed by atoms with Crippen LogP contribution in [0.2, 0.25) is 0 Å². The van der Waals surface area contributed by atoms with Crippen molar-refractivity contribution in [3.8, 4) is 11.4 Å². The quantitative estimate of drug-likeness (QED) is 0.833. The van der Waals surface area contributed by atoms with E-state index in [0.717, 1.165) is 18.5 Å². The lowest BCUT2D eigenvalue weighted by Gasteiger charge is -2.15. The number of ether oxygens (including phenoxy) is 1. The Hall–Kier alpha value is -2.56. The Bertz CT molecular complexity index is 719. The Kier molecular flexibility index (Phi) is 4.99. The van der Waals surface area contributed by atoms with E-state index in [1.807, 2.05) is 37.3 Å². The molecule has 0 saturated carbocycles. The SMILES string of the molecule is CCCCOc1cn(-c2ccccc2)c(C)c(C(=O)O)c1=O. The molecule has 5 heteroatoms. The number of pyridine rings is 1. The molecule has 1 aromatic carbocycles. The third-order valence-electron chi connectivity index (χ3n) is 3.42. The molecule has 0 spiro atoms. The van der Waals surface area contributed by atoms with Crippen molar-refractivity contribution in [1.29, 1.82) is 0 Å². The molecule has 0 aliphatic carbocycles. The molecule has 22 heavy (non-hydrogen) atoms. The predicted molar refractivity (Wildman–Crippen MR) is 84.1 cm³/mol. The first-order valence-corrected chi connectivity index (χ1v) is 7.24. The first kappa shape index (κ1) is 15.8. The van der Waals surface area contributed by atoms with E-state index in [9.17, 15) is 14.7 Å². The van der Waals surface area contributed by atoms with Crippen molar-refractivity contribution in [2.45, 2.75) is 26.7 Å². The van der Waals surface area contributed by atoms with Crippen LogP contribution >= 0.6 is 0 Å². The van der Waals surface area contributed by atoms with Gasteiger partial charge in [0.15, 0.2) is 5.75 Å². The Balaban J connectivity index is 2.58. The van der Waals surface area contributed by atoms with Crippen LogP contribution in [0.1, 0.15) is 35.8 Å². The zero-order valence-corrected chi connectivity index (χ0v) is 12.7. The first-order valence-electron chi connectivity index (χ1n) is 7.24. The fraction of sp³-hybridized carbons (Fsp3) is 0.294. The molecule has 2 aromatic rings. The minimum atomic E-state index is -1.24. The number of para-hydroxylation sites is 1. The number of rotatable bonds is 6. The Morgan fingerprint density at radius 2 is 1.95 bits per heavy atom. The van der Waals surface area contributed by atoms with Crippen LogP contribution in [0.15, 0.2) is 41.3 Å². The number of carbonyl (C=O) groups is 1. The largest absolute Gasteiger partial charge is 0.488 e. The average molecular weight is 301 g/mol. The Morgan fingerprint density at radius 3 is 2.55 bits per heavy atom. The molecule has 0 fully saturated rings. The topological polar surface area (TPSA) is 68.5 Å². The molecule has 0 bridgehead atoms. The molecule has 0 radical (unpaired) electrons. The lowest BCUT2D eigenvalue weighted by atomic mass is 10.1. The van der Waals surface area contributed by atoms with Gasteiger partial charge in [-0.15, -0.1) is 0 Å². The van der Waals surface area contributed by atoms with Crippen LogP contribution in [-0.2, 0) is 0 Å². The van der Waals surface area contributed by atoms with Gasteiger partial charge in [0.25, 0.3) is 0 Å². The number of hydrogen-bond acceptors (Lipinski definition) is 3. The molecule has 1 N–H and O–H groups in total. The summed E-state index contributed by atoms with van der Waals surface area (Å²) in [6.07, 6.45) is 3.31. The third-order valence-corrected chi connectivity index (χ3v) is 3.42. The third kappa shape index (κ3) is 3.19. The monoisotopic (exact) mass is 301 g/mol. The lowest BCUT2D eigenvalue weighted by molar-refractivity contribution is 0.0693. The number of carboxylic acids is 1. The molecular formula is C17H19NO4. The summed E-state index contributed by atoms with van der Waals surface area (Å²) in [7, 11) is 0. The lowest BCUT2D eigenvalue weighted by Crippen LogP contribution is -2.23. The molecule has 1 heterocycles. The number of aromatic carboxylic acids is 1. The second kappa shape index (κ2) is 6.93. The normalized spacial score (nSPS) is 10.5. The van der Waals surface area contributed by atoms with E-state index in [2.05, 4.69) is 0 Å².